The first-order chi connectivity index (χ1) is 8.60. The molecule has 3 nitrogen and oxygen atoms in total. The Morgan fingerprint density at radius 2 is 2.11 bits per heavy atom. The van der Waals surface area contributed by atoms with Gasteiger partial charge in [-0.1, -0.05) is 20.8 Å². The van der Waals surface area contributed by atoms with Gasteiger partial charge in [-0.15, -0.1) is 0 Å². The summed E-state index contributed by atoms with van der Waals surface area (Å²) >= 11 is 0. The highest BCUT2D eigenvalue weighted by molar-refractivity contribution is 4.90. The molecule has 2 fully saturated rings. The second kappa shape index (κ2) is 6.36. The second-order valence-electron chi connectivity index (χ2n) is 6.60. The van der Waals surface area contributed by atoms with E-state index in [-0.39, 0.29) is 5.60 Å². The summed E-state index contributed by atoms with van der Waals surface area (Å²) in [5.74, 6) is 1.58. The van der Waals surface area contributed by atoms with Crippen LogP contribution in [0.15, 0.2) is 0 Å². The molecule has 2 aliphatic rings. The molecule has 106 valence electrons. The van der Waals surface area contributed by atoms with E-state index in [2.05, 4.69) is 26.1 Å². The van der Waals surface area contributed by atoms with Crippen LogP contribution in [0.2, 0.25) is 0 Å². The van der Waals surface area contributed by atoms with Crippen LogP contribution in [-0.2, 0) is 9.47 Å². The first-order valence-corrected chi connectivity index (χ1v) is 7.55. The predicted octanol–water partition coefficient (Wildman–Crippen LogP) is 2.60. The van der Waals surface area contributed by atoms with E-state index in [1.165, 1.54) is 19.3 Å². The minimum Gasteiger partial charge on any atom is -0.378 e. The number of hydrogen-bond acceptors (Lipinski definition) is 3. The lowest BCUT2D eigenvalue weighted by Gasteiger charge is -2.38. The average Bonchev–Trinajstić information content (AvgIpc) is 2.75. The molecular formula is C15H29NO2. The van der Waals surface area contributed by atoms with Crippen LogP contribution in [0.5, 0.6) is 0 Å². The van der Waals surface area contributed by atoms with E-state index in [0.29, 0.717) is 6.04 Å². The highest BCUT2D eigenvalue weighted by Gasteiger charge is 2.40. The van der Waals surface area contributed by atoms with Crippen LogP contribution in [0, 0.1) is 11.8 Å². The molecule has 1 N–H and O–H groups in total. The molecule has 18 heavy (non-hydrogen) atoms. The van der Waals surface area contributed by atoms with Crippen molar-refractivity contribution >= 4 is 0 Å². The zero-order valence-corrected chi connectivity index (χ0v) is 12.2. The molecule has 0 amide bonds. The molecular weight excluding hydrogens is 226 g/mol. The molecule has 0 aromatic carbocycles. The topological polar surface area (TPSA) is 30.5 Å². The molecule has 3 heteroatoms. The van der Waals surface area contributed by atoms with Gasteiger partial charge in [-0.05, 0) is 37.6 Å². The molecule has 1 spiro atoms. The molecule has 0 bridgehead atoms. The van der Waals surface area contributed by atoms with Gasteiger partial charge in [0.1, 0.15) is 0 Å². The maximum absolute atomic E-state index is 6.00. The molecule has 0 radical (unpaired) electrons. The summed E-state index contributed by atoms with van der Waals surface area (Å²) in [5, 5.41) is 3.54. The second-order valence-corrected chi connectivity index (χ2v) is 6.60. The fourth-order valence-electron chi connectivity index (χ4n) is 3.28. The smallest absolute Gasteiger partial charge is 0.0939 e. The lowest BCUT2D eigenvalue weighted by Crippen LogP contribution is -2.41. The Hall–Kier alpha value is -0.120. The largest absolute Gasteiger partial charge is 0.378 e. The van der Waals surface area contributed by atoms with E-state index < -0.39 is 0 Å². The minimum absolute atomic E-state index is 0.0775. The van der Waals surface area contributed by atoms with E-state index in [4.69, 9.17) is 9.47 Å². The van der Waals surface area contributed by atoms with Crippen LogP contribution in [0.3, 0.4) is 0 Å². The van der Waals surface area contributed by atoms with Crippen LogP contribution in [0.4, 0.5) is 0 Å². The number of nitrogens with one attached hydrogen (secondary N) is 1. The van der Waals surface area contributed by atoms with Gasteiger partial charge in [0, 0.05) is 25.7 Å². The van der Waals surface area contributed by atoms with Gasteiger partial charge in [-0.25, -0.2) is 0 Å². The predicted molar refractivity (Wildman–Crippen MR) is 73.8 cm³/mol. The van der Waals surface area contributed by atoms with Crippen molar-refractivity contribution in [3.8, 4) is 0 Å². The van der Waals surface area contributed by atoms with E-state index in [1.54, 1.807) is 0 Å². The maximum Gasteiger partial charge on any atom is 0.0939 e. The summed E-state index contributed by atoms with van der Waals surface area (Å²) in [4.78, 5) is 0. The zero-order chi connectivity index (χ0) is 13.0. The van der Waals surface area contributed by atoms with Gasteiger partial charge in [0.05, 0.1) is 12.2 Å². The van der Waals surface area contributed by atoms with Gasteiger partial charge in [-0.2, -0.15) is 0 Å². The lowest BCUT2D eigenvalue weighted by molar-refractivity contribution is -0.100. The fraction of sp³-hybridized carbons (Fsp3) is 1.00. The number of hydrogen-bond donors (Lipinski definition) is 1. The van der Waals surface area contributed by atoms with Gasteiger partial charge in [0.15, 0.2) is 0 Å². The monoisotopic (exact) mass is 255 g/mol. The summed E-state index contributed by atoms with van der Waals surface area (Å²) < 4.78 is 11.5. The van der Waals surface area contributed by atoms with Crippen molar-refractivity contribution in [2.45, 2.75) is 58.1 Å². The standard InChI is InChI=1S/C15H29NO2/c1-12(2)16-10-13(3)8-14-4-6-18-15(9-14)5-7-17-11-15/h12-14,16H,4-11H2,1-3H3. The molecule has 0 aliphatic carbocycles. The molecule has 3 atom stereocenters. The van der Waals surface area contributed by atoms with E-state index in [0.717, 1.165) is 44.6 Å². The van der Waals surface area contributed by atoms with Crippen molar-refractivity contribution in [3.05, 3.63) is 0 Å². The van der Waals surface area contributed by atoms with Gasteiger partial charge < -0.3 is 14.8 Å². The summed E-state index contributed by atoms with van der Waals surface area (Å²) in [7, 11) is 0. The zero-order valence-electron chi connectivity index (χ0n) is 12.2. The van der Waals surface area contributed by atoms with Crippen LogP contribution in [0.25, 0.3) is 0 Å². The Morgan fingerprint density at radius 1 is 1.28 bits per heavy atom. The van der Waals surface area contributed by atoms with E-state index in [9.17, 15) is 0 Å². The van der Waals surface area contributed by atoms with Crippen LogP contribution < -0.4 is 5.32 Å². The van der Waals surface area contributed by atoms with Crippen LogP contribution >= 0.6 is 0 Å². The first kappa shape index (κ1) is 14.3. The summed E-state index contributed by atoms with van der Waals surface area (Å²) in [6.45, 7) is 10.6. The molecule has 0 saturated carbocycles. The lowest BCUT2D eigenvalue weighted by atomic mass is 9.81. The first-order valence-electron chi connectivity index (χ1n) is 7.55. The average molecular weight is 255 g/mol. The van der Waals surface area contributed by atoms with Crippen molar-refractivity contribution in [2.75, 3.05) is 26.4 Å². The highest BCUT2D eigenvalue weighted by atomic mass is 16.6. The molecule has 3 unspecified atom stereocenters. The summed E-state index contributed by atoms with van der Waals surface area (Å²) in [6, 6.07) is 0.594. The maximum atomic E-state index is 6.00. The van der Waals surface area contributed by atoms with Crippen molar-refractivity contribution < 1.29 is 9.47 Å². The Morgan fingerprint density at radius 3 is 2.78 bits per heavy atom. The van der Waals surface area contributed by atoms with Gasteiger partial charge in [-0.3, -0.25) is 0 Å². The van der Waals surface area contributed by atoms with Crippen LogP contribution in [0.1, 0.15) is 46.5 Å². The molecule has 2 aliphatic heterocycles. The Labute approximate surface area is 112 Å². The third-order valence-electron chi connectivity index (χ3n) is 4.27. The summed E-state index contributed by atoms with van der Waals surface area (Å²) in [6.07, 6.45) is 4.86. The Balaban J connectivity index is 1.75. The fourth-order valence-corrected chi connectivity index (χ4v) is 3.28. The number of ether oxygens (including phenoxy) is 2. The quantitative estimate of drug-likeness (QED) is 0.819. The van der Waals surface area contributed by atoms with Gasteiger partial charge in [0.25, 0.3) is 0 Å². The molecule has 2 saturated heterocycles. The Bertz CT molecular complexity index is 249. The summed E-state index contributed by atoms with van der Waals surface area (Å²) in [5.41, 5.74) is 0.0775. The van der Waals surface area contributed by atoms with Crippen molar-refractivity contribution in [1.82, 2.24) is 5.32 Å². The third kappa shape index (κ3) is 3.94. The molecule has 0 aromatic heterocycles. The normalized spacial score (nSPS) is 34.3. The van der Waals surface area contributed by atoms with Crippen molar-refractivity contribution in [3.63, 3.8) is 0 Å². The SMILES string of the molecule is CC(CNC(C)C)CC1CCOC2(CCOC2)C1. The van der Waals surface area contributed by atoms with E-state index in [1.807, 2.05) is 0 Å². The van der Waals surface area contributed by atoms with Crippen molar-refractivity contribution in [1.29, 1.82) is 0 Å². The number of rotatable bonds is 5. The minimum atomic E-state index is 0.0775. The Kier molecular flexibility index (Phi) is 5.05. The molecule has 2 rings (SSSR count). The van der Waals surface area contributed by atoms with Gasteiger partial charge in [0.2, 0.25) is 0 Å². The molecule has 0 aromatic rings. The highest BCUT2D eigenvalue weighted by Crippen LogP contribution is 2.38. The van der Waals surface area contributed by atoms with E-state index >= 15 is 0 Å². The molecule has 2 heterocycles. The van der Waals surface area contributed by atoms with Gasteiger partial charge >= 0.3 is 0 Å². The van der Waals surface area contributed by atoms with Crippen LogP contribution in [-0.4, -0.2) is 38.0 Å². The third-order valence-corrected chi connectivity index (χ3v) is 4.27. The van der Waals surface area contributed by atoms with Crippen molar-refractivity contribution in [2.24, 2.45) is 11.8 Å².